The number of hydrogen-bond acceptors (Lipinski definition) is 3. The number of rotatable bonds is 15. The maximum atomic E-state index is 11.9. The highest BCUT2D eigenvalue weighted by Gasteiger charge is 2.08. The molecule has 5 heteroatoms. The second-order valence-corrected chi connectivity index (χ2v) is 5.87. The summed E-state index contributed by atoms with van der Waals surface area (Å²) in [7, 11) is 2.16. The van der Waals surface area contributed by atoms with Crippen LogP contribution in [0, 0.1) is 0 Å². The van der Waals surface area contributed by atoms with Crippen molar-refractivity contribution >= 4 is 15.4 Å². The number of halogens is 1. The fraction of sp³-hybridized carbons (Fsp3) is 0.938. The van der Waals surface area contributed by atoms with Crippen molar-refractivity contribution in [1.29, 1.82) is 0 Å². The van der Waals surface area contributed by atoms with Gasteiger partial charge in [0.05, 0.1) is 25.8 Å². The van der Waals surface area contributed by atoms with Crippen molar-refractivity contribution in [3.05, 3.63) is 0 Å². The van der Waals surface area contributed by atoms with Crippen molar-refractivity contribution in [2.45, 2.75) is 83.7 Å². The minimum absolute atomic E-state index is 0.104. The van der Waals surface area contributed by atoms with Crippen LogP contribution < -0.4 is 0 Å². The molecule has 0 heterocycles. The van der Waals surface area contributed by atoms with Gasteiger partial charge in [-0.25, -0.2) is 0 Å². The Hall–Kier alpha value is -0.210. The van der Waals surface area contributed by atoms with Gasteiger partial charge in [-0.3, -0.25) is 9.18 Å². The molecule has 0 amide bonds. The van der Waals surface area contributed by atoms with E-state index in [4.69, 9.17) is 9.26 Å². The smallest absolute Gasteiger partial charge is 0.308 e. The molecule has 21 heavy (non-hydrogen) atoms. The number of alkyl halides is 1. The zero-order chi connectivity index (χ0) is 15.8. The van der Waals surface area contributed by atoms with Crippen LogP contribution in [-0.4, -0.2) is 25.4 Å². The second-order valence-electron chi connectivity index (χ2n) is 5.60. The third-order valence-corrected chi connectivity index (χ3v) is 3.94. The number of carbonyl (C=O) groups excluding carboxylic acids is 1. The Bertz CT molecular complexity index is 240. The van der Waals surface area contributed by atoms with E-state index in [0.29, 0.717) is 13.0 Å². The van der Waals surface area contributed by atoms with Gasteiger partial charge in [0, 0.05) is 9.47 Å². The maximum absolute atomic E-state index is 11.9. The van der Waals surface area contributed by atoms with Gasteiger partial charge in [-0.1, -0.05) is 51.4 Å². The van der Waals surface area contributed by atoms with E-state index in [1.54, 1.807) is 0 Å². The third kappa shape index (κ3) is 16.0. The normalized spacial score (nSPS) is 12.3. The van der Waals surface area contributed by atoms with Crippen molar-refractivity contribution in [3.8, 4) is 0 Å². The van der Waals surface area contributed by atoms with Gasteiger partial charge in [0.25, 0.3) is 0 Å². The van der Waals surface area contributed by atoms with Crippen LogP contribution in [0.5, 0.6) is 0 Å². The highest BCUT2D eigenvalue weighted by atomic mass is 31.0. The van der Waals surface area contributed by atoms with Crippen LogP contribution in [0.4, 0.5) is 4.39 Å². The molecule has 2 atom stereocenters. The van der Waals surface area contributed by atoms with Crippen molar-refractivity contribution in [2.75, 3.05) is 13.3 Å². The van der Waals surface area contributed by atoms with Crippen LogP contribution in [0.2, 0.25) is 0 Å². The number of ether oxygens (including phenoxy) is 1. The molecule has 3 nitrogen and oxygen atoms in total. The van der Waals surface area contributed by atoms with Crippen molar-refractivity contribution in [3.63, 3.8) is 0 Å². The molecule has 0 aliphatic heterocycles. The highest BCUT2D eigenvalue weighted by molar-refractivity contribution is 7.09. The molecule has 0 aromatic carbocycles. The van der Waals surface area contributed by atoms with Crippen LogP contribution in [0.1, 0.15) is 77.6 Å². The lowest BCUT2D eigenvalue weighted by molar-refractivity contribution is -0.145. The predicted molar refractivity (Wildman–Crippen MR) is 88.0 cm³/mol. The molecular formula is C16H32FO3P. The van der Waals surface area contributed by atoms with Crippen LogP contribution >= 0.6 is 9.47 Å². The van der Waals surface area contributed by atoms with E-state index in [1.807, 2.05) is 6.92 Å². The first-order valence-corrected chi connectivity index (χ1v) is 8.75. The number of hydrogen-bond donors (Lipinski definition) is 0. The molecular weight excluding hydrogens is 290 g/mol. The van der Waals surface area contributed by atoms with E-state index >= 15 is 0 Å². The summed E-state index contributed by atoms with van der Waals surface area (Å²) < 4.78 is 21.9. The lowest BCUT2D eigenvalue weighted by atomic mass is 10.1. The van der Waals surface area contributed by atoms with Crippen LogP contribution in [0.15, 0.2) is 0 Å². The maximum Gasteiger partial charge on any atom is 0.308 e. The SMILES string of the molecule is CC(CC(=O)OCCCCCCCCCCCCF)OP. The minimum atomic E-state index is -0.182. The lowest BCUT2D eigenvalue weighted by Crippen LogP contribution is -2.13. The highest BCUT2D eigenvalue weighted by Crippen LogP contribution is 2.11. The van der Waals surface area contributed by atoms with Crippen molar-refractivity contribution in [1.82, 2.24) is 0 Å². The first-order chi connectivity index (χ1) is 10.2. The quantitative estimate of drug-likeness (QED) is 0.242. The fourth-order valence-corrected chi connectivity index (χ4v) is 2.23. The monoisotopic (exact) mass is 322 g/mol. The molecule has 2 unspecified atom stereocenters. The molecule has 0 aliphatic carbocycles. The zero-order valence-corrected chi connectivity index (χ0v) is 14.6. The van der Waals surface area contributed by atoms with Gasteiger partial charge in [0.1, 0.15) is 0 Å². The molecule has 0 saturated carbocycles. The van der Waals surface area contributed by atoms with Crippen LogP contribution in [-0.2, 0) is 14.1 Å². The Kier molecular flexibility index (Phi) is 16.0. The first-order valence-electron chi connectivity index (χ1n) is 8.27. The average Bonchev–Trinajstić information content (AvgIpc) is 2.48. The second kappa shape index (κ2) is 16.2. The minimum Gasteiger partial charge on any atom is -0.466 e. The standard InChI is InChI=1S/C16H32FO3P/c1-15(20-21)14-16(18)19-13-11-9-7-5-3-2-4-6-8-10-12-17/h15H,2-14,21H2,1H3. The summed E-state index contributed by atoms with van der Waals surface area (Å²) in [6.45, 7) is 2.19. The Balaban J connectivity index is 3.13. The zero-order valence-electron chi connectivity index (χ0n) is 13.4. The lowest BCUT2D eigenvalue weighted by Gasteiger charge is -2.09. The molecule has 0 radical (unpaired) electrons. The van der Waals surface area contributed by atoms with Crippen molar-refractivity contribution in [2.24, 2.45) is 0 Å². The van der Waals surface area contributed by atoms with Gasteiger partial charge in [-0.05, 0) is 19.8 Å². The molecule has 0 N–H and O–H groups in total. The van der Waals surface area contributed by atoms with Crippen LogP contribution in [0.3, 0.4) is 0 Å². The summed E-state index contributed by atoms with van der Waals surface area (Å²) in [5, 5.41) is 0. The van der Waals surface area contributed by atoms with Gasteiger partial charge in [0.15, 0.2) is 0 Å². The summed E-state index contributed by atoms with van der Waals surface area (Å²) in [5.74, 6) is -0.182. The molecule has 0 aromatic heterocycles. The number of unbranched alkanes of at least 4 members (excludes halogenated alkanes) is 9. The predicted octanol–water partition coefficient (Wildman–Crippen LogP) is 4.99. The largest absolute Gasteiger partial charge is 0.466 e. The Morgan fingerprint density at radius 2 is 1.43 bits per heavy atom. The molecule has 0 aliphatic rings. The third-order valence-electron chi connectivity index (χ3n) is 3.48. The van der Waals surface area contributed by atoms with E-state index in [1.165, 1.54) is 32.1 Å². The van der Waals surface area contributed by atoms with Gasteiger partial charge in [-0.15, -0.1) is 0 Å². The molecule has 0 spiro atoms. The van der Waals surface area contributed by atoms with Crippen LogP contribution in [0.25, 0.3) is 0 Å². The fourth-order valence-electron chi connectivity index (χ4n) is 2.14. The van der Waals surface area contributed by atoms with Gasteiger partial charge in [0.2, 0.25) is 0 Å². The van der Waals surface area contributed by atoms with Crippen molar-refractivity contribution < 1.29 is 18.4 Å². The van der Waals surface area contributed by atoms with Gasteiger partial charge >= 0.3 is 5.97 Å². The summed E-state index contributed by atoms with van der Waals surface area (Å²) in [6.07, 6.45) is 11.4. The topological polar surface area (TPSA) is 35.5 Å². The van der Waals surface area contributed by atoms with E-state index < -0.39 is 0 Å². The van der Waals surface area contributed by atoms with Gasteiger partial charge in [-0.2, -0.15) is 0 Å². The van der Waals surface area contributed by atoms with E-state index in [-0.39, 0.29) is 18.7 Å². The molecule has 126 valence electrons. The first kappa shape index (κ1) is 20.8. The average molecular weight is 322 g/mol. The van der Waals surface area contributed by atoms with Gasteiger partial charge < -0.3 is 9.26 Å². The summed E-state index contributed by atoms with van der Waals surface area (Å²) in [4.78, 5) is 11.4. The molecule has 0 aromatic rings. The summed E-state index contributed by atoms with van der Waals surface area (Å²) >= 11 is 0. The van der Waals surface area contributed by atoms with E-state index in [0.717, 1.165) is 32.1 Å². The Labute approximate surface area is 131 Å². The summed E-state index contributed by atoms with van der Waals surface area (Å²) in [5.41, 5.74) is 0. The van der Waals surface area contributed by atoms with E-state index in [9.17, 15) is 9.18 Å². The Morgan fingerprint density at radius 3 is 1.90 bits per heavy atom. The Morgan fingerprint density at radius 1 is 0.952 bits per heavy atom. The summed E-state index contributed by atoms with van der Waals surface area (Å²) in [6, 6.07) is 0. The molecule has 0 rings (SSSR count). The number of carbonyl (C=O) groups is 1. The molecule has 0 saturated heterocycles. The van der Waals surface area contributed by atoms with E-state index in [2.05, 4.69) is 9.47 Å². The number of esters is 1. The molecule has 0 fully saturated rings. The molecule has 0 bridgehead atoms.